The van der Waals surface area contributed by atoms with Gasteiger partial charge in [0.15, 0.2) is 11.5 Å². The lowest BCUT2D eigenvalue weighted by molar-refractivity contribution is -0.118. The molecule has 1 heterocycles. The molecule has 0 unspecified atom stereocenters. The minimum atomic E-state index is -3.75. The first-order valence-electron chi connectivity index (χ1n) is 12.8. The fraction of sp³-hybridized carbons (Fsp3) is 0.345. The molecule has 1 atom stereocenters. The summed E-state index contributed by atoms with van der Waals surface area (Å²) in [6.07, 6.45) is 2.84. The Labute approximate surface area is 224 Å². The number of aliphatic hydroxyl groups is 1. The number of fused-ring (bicyclic) bond motifs is 1. The summed E-state index contributed by atoms with van der Waals surface area (Å²) in [6, 6.07) is 17.5. The smallest absolute Gasteiger partial charge is 0.240 e. The Morgan fingerprint density at radius 1 is 1.05 bits per heavy atom. The number of rotatable bonds is 10. The normalized spacial score (nSPS) is 16.2. The summed E-state index contributed by atoms with van der Waals surface area (Å²) in [5.74, 6) is 1.29. The van der Waals surface area contributed by atoms with Crippen LogP contribution in [0.1, 0.15) is 45.2 Å². The number of sulfonamides is 1. The average Bonchev–Trinajstić information content (AvgIpc) is 3.60. The number of hydrogen-bond donors (Lipinski definition) is 3. The highest BCUT2D eigenvalue weighted by Gasteiger charge is 2.51. The van der Waals surface area contributed by atoms with Gasteiger partial charge in [-0.25, -0.2) is 13.1 Å². The second kappa shape index (κ2) is 10.4. The Morgan fingerprint density at radius 2 is 1.79 bits per heavy atom. The number of carbonyl (C=O) groups is 1. The van der Waals surface area contributed by atoms with E-state index in [1.807, 2.05) is 50.2 Å². The van der Waals surface area contributed by atoms with Gasteiger partial charge in [-0.1, -0.05) is 37.6 Å². The van der Waals surface area contributed by atoms with Crippen LogP contribution in [-0.4, -0.2) is 38.9 Å². The molecule has 3 aromatic carbocycles. The van der Waals surface area contributed by atoms with Crippen molar-refractivity contribution < 1.29 is 29.2 Å². The molecule has 202 valence electrons. The molecule has 3 aromatic rings. The Bertz CT molecular complexity index is 1460. The largest absolute Gasteiger partial charge is 0.454 e. The van der Waals surface area contributed by atoms with Crippen molar-refractivity contribution in [3.63, 3.8) is 0 Å². The van der Waals surface area contributed by atoms with Crippen LogP contribution in [0.5, 0.6) is 11.5 Å². The number of aryl methyl sites for hydroxylation is 1. The molecule has 1 aliphatic heterocycles. The molecule has 3 N–H and O–H groups in total. The first-order valence-corrected chi connectivity index (χ1v) is 14.3. The van der Waals surface area contributed by atoms with E-state index in [1.165, 1.54) is 0 Å². The van der Waals surface area contributed by atoms with Crippen molar-refractivity contribution in [2.45, 2.75) is 55.9 Å². The Kier molecular flexibility index (Phi) is 7.17. The summed E-state index contributed by atoms with van der Waals surface area (Å²) >= 11 is 0. The molecule has 1 fully saturated rings. The van der Waals surface area contributed by atoms with E-state index >= 15 is 0 Å². The minimum absolute atomic E-state index is 0. The van der Waals surface area contributed by atoms with Crippen molar-refractivity contribution >= 4 is 21.6 Å². The maximum atomic E-state index is 13.4. The van der Waals surface area contributed by atoms with Crippen LogP contribution in [0.2, 0.25) is 0 Å². The lowest BCUT2D eigenvalue weighted by Gasteiger charge is -2.18. The van der Waals surface area contributed by atoms with Gasteiger partial charge in [-0.2, -0.15) is 0 Å². The molecule has 0 radical (unpaired) electrons. The van der Waals surface area contributed by atoms with E-state index in [-0.39, 0.29) is 25.6 Å². The van der Waals surface area contributed by atoms with Crippen LogP contribution in [-0.2, 0) is 20.2 Å². The van der Waals surface area contributed by atoms with Gasteiger partial charge >= 0.3 is 0 Å². The number of aliphatic hydroxyl groups excluding tert-OH is 1. The van der Waals surface area contributed by atoms with Gasteiger partial charge in [0.2, 0.25) is 22.7 Å². The average molecular weight is 539 g/mol. The third-order valence-electron chi connectivity index (χ3n) is 7.26. The third kappa shape index (κ3) is 5.14. The number of carbonyl (C=O) groups excluding carboxylic acids is 1. The lowest BCUT2D eigenvalue weighted by atomic mass is 9.94. The van der Waals surface area contributed by atoms with Crippen molar-refractivity contribution in [1.82, 2.24) is 4.72 Å². The second-order valence-corrected chi connectivity index (χ2v) is 11.7. The van der Waals surface area contributed by atoms with E-state index in [9.17, 15) is 18.3 Å². The number of hydrogen-bond acceptors (Lipinski definition) is 6. The molecule has 2 aliphatic rings. The van der Waals surface area contributed by atoms with Crippen LogP contribution >= 0.6 is 0 Å². The van der Waals surface area contributed by atoms with Crippen molar-refractivity contribution in [2.24, 2.45) is 0 Å². The highest BCUT2D eigenvalue weighted by Crippen LogP contribution is 2.51. The van der Waals surface area contributed by atoms with Crippen molar-refractivity contribution in [1.29, 1.82) is 0 Å². The highest BCUT2D eigenvalue weighted by molar-refractivity contribution is 7.89. The van der Waals surface area contributed by atoms with E-state index in [1.54, 1.807) is 24.3 Å². The summed E-state index contributed by atoms with van der Waals surface area (Å²) in [4.78, 5) is 13.5. The molecule has 1 amide bonds. The highest BCUT2D eigenvalue weighted by atomic mass is 32.2. The zero-order valence-electron chi connectivity index (χ0n) is 21.5. The van der Waals surface area contributed by atoms with Gasteiger partial charge in [-0.15, -0.1) is 0 Å². The minimum Gasteiger partial charge on any atom is -0.454 e. The molecule has 1 saturated carbocycles. The van der Waals surface area contributed by atoms with Crippen LogP contribution in [0.3, 0.4) is 0 Å². The summed E-state index contributed by atoms with van der Waals surface area (Å²) in [5, 5.41) is 12.6. The maximum absolute atomic E-state index is 13.4. The number of benzene rings is 3. The molecule has 0 spiro atoms. The van der Waals surface area contributed by atoms with Crippen molar-refractivity contribution in [2.75, 3.05) is 18.7 Å². The molecule has 0 bridgehead atoms. The summed E-state index contributed by atoms with van der Waals surface area (Å²) < 4.78 is 39.0. The van der Waals surface area contributed by atoms with Gasteiger partial charge in [0.25, 0.3) is 0 Å². The monoisotopic (exact) mass is 538 g/mol. The fourth-order valence-electron chi connectivity index (χ4n) is 4.86. The van der Waals surface area contributed by atoms with Crippen molar-refractivity contribution in [3.05, 3.63) is 71.8 Å². The predicted octanol–water partition coefficient (Wildman–Crippen LogP) is 4.75. The molecule has 0 aromatic heterocycles. The molecular weight excluding hydrogens is 504 g/mol. The predicted molar refractivity (Wildman–Crippen MR) is 147 cm³/mol. The summed E-state index contributed by atoms with van der Waals surface area (Å²) in [6.45, 7) is 3.85. The van der Waals surface area contributed by atoms with Crippen LogP contribution in [0.4, 0.5) is 5.69 Å². The zero-order valence-corrected chi connectivity index (χ0v) is 22.3. The van der Waals surface area contributed by atoms with Crippen molar-refractivity contribution in [3.8, 4) is 22.6 Å². The van der Waals surface area contributed by atoms with E-state index in [2.05, 4.69) is 10.0 Å². The van der Waals surface area contributed by atoms with E-state index < -0.39 is 21.5 Å². The molecule has 1 aliphatic carbocycles. The van der Waals surface area contributed by atoms with Crippen LogP contribution < -0.4 is 19.5 Å². The van der Waals surface area contributed by atoms with Gasteiger partial charge in [0.05, 0.1) is 16.9 Å². The first kappa shape index (κ1) is 26.2. The topological polar surface area (TPSA) is 114 Å². The second-order valence-electron chi connectivity index (χ2n) is 9.95. The summed E-state index contributed by atoms with van der Waals surface area (Å²) in [5.41, 5.74) is 3.73. The van der Waals surface area contributed by atoms with Crippen LogP contribution in [0.25, 0.3) is 11.1 Å². The fourth-order valence-corrected chi connectivity index (χ4v) is 6.13. The van der Waals surface area contributed by atoms with Gasteiger partial charge in [-0.05, 0) is 84.8 Å². The molecule has 38 heavy (non-hydrogen) atoms. The first-order chi connectivity index (χ1) is 18.3. The third-order valence-corrected chi connectivity index (χ3v) is 8.80. The van der Waals surface area contributed by atoms with Gasteiger partial charge < -0.3 is 19.9 Å². The Hall–Kier alpha value is -3.40. The summed E-state index contributed by atoms with van der Waals surface area (Å²) in [7, 11) is -3.75. The molecule has 8 nitrogen and oxygen atoms in total. The number of amides is 1. The molecule has 5 rings (SSSR count). The standard InChI is InChI=1S/C29H32N2O6S.H2/c1-3-4-23(17-32)31-38(34,35)24-10-6-20(7-11-24)25-16-22(9-5-19(25)2)30-28(33)29(13-14-29)21-8-12-26-27(15-21)37-18-36-26;/h5-12,15-16,23,31-32H,3-4,13-14,17-18H2,1-2H3,(H,30,33);1H/t23-;/m1./s1. The Morgan fingerprint density at radius 3 is 2.47 bits per heavy atom. The zero-order chi connectivity index (χ0) is 26.9. The molecule has 9 heteroatoms. The molecule has 0 saturated heterocycles. The quantitative estimate of drug-likeness (QED) is 0.343. The van der Waals surface area contributed by atoms with E-state index in [0.717, 1.165) is 41.5 Å². The van der Waals surface area contributed by atoms with Gasteiger partial charge in [0.1, 0.15) is 0 Å². The van der Waals surface area contributed by atoms with Gasteiger partial charge in [0, 0.05) is 13.2 Å². The number of ether oxygens (including phenoxy) is 2. The Balaban J connectivity index is 0.00000353. The molecular formula is C29H34N2O6S. The van der Waals surface area contributed by atoms with Gasteiger partial charge in [-0.3, -0.25) is 4.79 Å². The number of nitrogens with one attached hydrogen (secondary N) is 2. The SMILES string of the molecule is CCC[C@H](CO)NS(=O)(=O)c1ccc(-c2cc(NC(=O)C3(c4ccc5c(c4)OCO5)CC3)ccc2C)cc1.[HH]. The van der Waals surface area contributed by atoms with E-state index in [4.69, 9.17) is 9.47 Å². The maximum Gasteiger partial charge on any atom is 0.240 e. The van der Waals surface area contributed by atoms with E-state index in [0.29, 0.717) is 23.6 Å². The number of anilines is 1. The van der Waals surface area contributed by atoms with Crippen LogP contribution in [0.15, 0.2) is 65.6 Å². The van der Waals surface area contributed by atoms with Crippen LogP contribution in [0, 0.1) is 6.92 Å². The lowest BCUT2D eigenvalue weighted by Crippen LogP contribution is -2.37.